The van der Waals surface area contributed by atoms with Gasteiger partial charge in [0.05, 0.1) is 13.2 Å². The molecule has 0 spiro atoms. The zero-order valence-electron chi connectivity index (χ0n) is 17.8. The van der Waals surface area contributed by atoms with Gasteiger partial charge in [0.25, 0.3) is 5.91 Å². The molecular formula is C25H27ClN2O3. The molecule has 1 amide bonds. The smallest absolute Gasteiger partial charge is 0.254 e. The molecule has 0 bridgehead atoms. The molecule has 0 radical (unpaired) electrons. The minimum Gasteiger partial charge on any atom is -0.494 e. The van der Waals surface area contributed by atoms with Crippen LogP contribution >= 0.6 is 11.6 Å². The molecule has 0 unspecified atom stereocenters. The fraction of sp³-hybridized carbons (Fsp3) is 0.360. The zero-order valence-corrected chi connectivity index (χ0v) is 18.5. The quantitative estimate of drug-likeness (QED) is 0.395. The molecule has 0 saturated heterocycles. The minimum atomic E-state index is -0.00353. The molecule has 5 nitrogen and oxygen atoms in total. The van der Waals surface area contributed by atoms with Crippen molar-refractivity contribution in [1.29, 1.82) is 0 Å². The molecule has 2 aromatic carbocycles. The maximum atomic E-state index is 13.0. The fourth-order valence-corrected chi connectivity index (χ4v) is 3.95. The summed E-state index contributed by atoms with van der Waals surface area (Å²) >= 11 is 5.98. The van der Waals surface area contributed by atoms with Crippen molar-refractivity contribution in [2.24, 2.45) is 0 Å². The molecule has 162 valence electrons. The third-order valence-corrected chi connectivity index (χ3v) is 5.86. The predicted octanol–water partition coefficient (Wildman–Crippen LogP) is 6.15. The lowest BCUT2D eigenvalue weighted by molar-refractivity contribution is 0.0731. The van der Waals surface area contributed by atoms with Gasteiger partial charge in [-0.1, -0.05) is 42.9 Å². The number of hydrogen-bond acceptors (Lipinski definition) is 4. The number of nitrogens with zero attached hydrogens (tertiary/aromatic N) is 2. The topological polar surface area (TPSA) is 55.6 Å². The van der Waals surface area contributed by atoms with Crippen LogP contribution in [0.15, 0.2) is 53.1 Å². The molecule has 0 aliphatic carbocycles. The Balaban J connectivity index is 1.37. The van der Waals surface area contributed by atoms with Crippen LogP contribution in [0.3, 0.4) is 0 Å². The summed E-state index contributed by atoms with van der Waals surface area (Å²) in [6.45, 7) is 3.98. The minimum absolute atomic E-state index is 0.00353. The molecule has 6 heteroatoms. The van der Waals surface area contributed by atoms with Crippen molar-refractivity contribution in [2.45, 2.75) is 45.6 Å². The second-order valence-corrected chi connectivity index (χ2v) is 8.29. The van der Waals surface area contributed by atoms with Gasteiger partial charge in [-0.3, -0.25) is 4.79 Å². The average Bonchev–Trinajstić information content (AvgIpc) is 3.23. The number of carbonyl (C=O) groups is 1. The van der Waals surface area contributed by atoms with Crippen LogP contribution in [0, 0.1) is 0 Å². The molecule has 1 aliphatic heterocycles. The molecule has 31 heavy (non-hydrogen) atoms. The Kier molecular flexibility index (Phi) is 6.92. The highest BCUT2D eigenvalue weighted by atomic mass is 35.5. The Hall–Kier alpha value is -2.79. The molecule has 2 heterocycles. The summed E-state index contributed by atoms with van der Waals surface area (Å²) in [5.74, 6) is 1.56. The number of fused-ring (bicyclic) bond motifs is 1. The average molecular weight is 439 g/mol. The number of unbranched alkanes of at least 4 members (excludes halogenated alkanes) is 3. The summed E-state index contributed by atoms with van der Waals surface area (Å²) in [6.07, 6.45) is 5.40. The number of rotatable bonds is 8. The van der Waals surface area contributed by atoms with Crippen LogP contribution in [0.25, 0.3) is 11.3 Å². The highest BCUT2D eigenvalue weighted by Gasteiger charge is 2.27. The molecule has 1 aliphatic rings. The van der Waals surface area contributed by atoms with E-state index >= 15 is 0 Å². The first-order valence-electron chi connectivity index (χ1n) is 10.9. The highest BCUT2D eigenvalue weighted by Crippen LogP contribution is 2.31. The van der Waals surface area contributed by atoms with Gasteiger partial charge in [-0.05, 0) is 61.4 Å². The second-order valence-electron chi connectivity index (χ2n) is 7.85. The van der Waals surface area contributed by atoms with E-state index in [1.54, 1.807) is 0 Å². The summed E-state index contributed by atoms with van der Waals surface area (Å²) in [5.41, 5.74) is 3.49. The summed E-state index contributed by atoms with van der Waals surface area (Å²) < 4.78 is 11.4. The van der Waals surface area contributed by atoms with Crippen molar-refractivity contribution in [1.82, 2.24) is 10.1 Å². The van der Waals surface area contributed by atoms with Gasteiger partial charge >= 0.3 is 0 Å². The lowest BCUT2D eigenvalue weighted by Gasteiger charge is -2.26. The largest absolute Gasteiger partial charge is 0.494 e. The molecule has 0 atom stereocenters. The maximum Gasteiger partial charge on any atom is 0.254 e. The van der Waals surface area contributed by atoms with Crippen LogP contribution in [0.1, 0.15) is 54.2 Å². The van der Waals surface area contributed by atoms with Crippen LogP contribution < -0.4 is 4.74 Å². The van der Waals surface area contributed by atoms with Crippen molar-refractivity contribution in [2.75, 3.05) is 13.2 Å². The van der Waals surface area contributed by atoms with Gasteiger partial charge < -0.3 is 14.2 Å². The monoisotopic (exact) mass is 438 g/mol. The van der Waals surface area contributed by atoms with Crippen molar-refractivity contribution < 1.29 is 14.1 Å². The van der Waals surface area contributed by atoms with E-state index in [0.717, 1.165) is 34.8 Å². The van der Waals surface area contributed by atoms with Gasteiger partial charge in [0.2, 0.25) is 0 Å². The number of aromatic nitrogens is 1. The van der Waals surface area contributed by atoms with Crippen LogP contribution in [0.5, 0.6) is 5.75 Å². The first-order valence-corrected chi connectivity index (χ1v) is 11.3. The molecular weight excluding hydrogens is 412 g/mol. The number of amides is 1. The molecule has 3 aromatic rings. The Morgan fingerprint density at radius 3 is 2.61 bits per heavy atom. The van der Waals surface area contributed by atoms with E-state index in [4.69, 9.17) is 20.9 Å². The Morgan fingerprint density at radius 1 is 1.10 bits per heavy atom. The first kappa shape index (κ1) is 21.4. The van der Waals surface area contributed by atoms with Crippen LogP contribution in [0.4, 0.5) is 0 Å². The van der Waals surface area contributed by atoms with Crippen molar-refractivity contribution in [3.8, 4) is 17.1 Å². The highest BCUT2D eigenvalue weighted by molar-refractivity contribution is 6.30. The van der Waals surface area contributed by atoms with E-state index in [0.29, 0.717) is 36.7 Å². The van der Waals surface area contributed by atoms with E-state index in [1.807, 2.05) is 53.4 Å². The first-order chi connectivity index (χ1) is 15.2. The molecule has 4 rings (SSSR count). The van der Waals surface area contributed by atoms with Gasteiger partial charge in [-0.15, -0.1) is 0 Å². The summed E-state index contributed by atoms with van der Waals surface area (Å²) in [4.78, 5) is 14.8. The fourth-order valence-electron chi connectivity index (χ4n) is 3.83. The summed E-state index contributed by atoms with van der Waals surface area (Å²) in [5, 5.41) is 4.91. The van der Waals surface area contributed by atoms with E-state index in [-0.39, 0.29) is 5.91 Å². The molecule has 0 saturated carbocycles. The van der Waals surface area contributed by atoms with Gasteiger partial charge in [0.15, 0.2) is 5.76 Å². The Morgan fingerprint density at radius 2 is 1.87 bits per heavy atom. The van der Waals surface area contributed by atoms with E-state index < -0.39 is 0 Å². The van der Waals surface area contributed by atoms with E-state index in [1.165, 1.54) is 19.3 Å². The normalized spacial score (nSPS) is 13.2. The summed E-state index contributed by atoms with van der Waals surface area (Å²) in [6, 6.07) is 14.9. The van der Waals surface area contributed by atoms with E-state index in [2.05, 4.69) is 12.1 Å². The van der Waals surface area contributed by atoms with Gasteiger partial charge in [-0.2, -0.15) is 0 Å². The van der Waals surface area contributed by atoms with Gasteiger partial charge in [0, 0.05) is 28.3 Å². The number of ether oxygens (including phenoxy) is 1. The number of hydrogen-bond donors (Lipinski definition) is 0. The molecule has 0 fully saturated rings. The van der Waals surface area contributed by atoms with Crippen LogP contribution in [-0.4, -0.2) is 29.1 Å². The van der Waals surface area contributed by atoms with Gasteiger partial charge in [0.1, 0.15) is 11.4 Å². The zero-order chi connectivity index (χ0) is 21.6. The van der Waals surface area contributed by atoms with Crippen LogP contribution in [-0.2, 0) is 13.0 Å². The lowest BCUT2D eigenvalue weighted by Crippen LogP contribution is -2.35. The van der Waals surface area contributed by atoms with Crippen molar-refractivity contribution in [3.05, 3.63) is 70.4 Å². The third-order valence-electron chi connectivity index (χ3n) is 5.60. The predicted molar refractivity (Wildman–Crippen MR) is 121 cm³/mol. The molecule has 1 aromatic heterocycles. The lowest BCUT2D eigenvalue weighted by atomic mass is 10.00. The van der Waals surface area contributed by atoms with Crippen molar-refractivity contribution in [3.63, 3.8) is 0 Å². The van der Waals surface area contributed by atoms with Crippen LogP contribution in [0.2, 0.25) is 5.02 Å². The standard InChI is InChI=1S/C25H27ClN2O3/c1-2-3-4-5-16-30-21-12-8-19(9-13-21)25(29)28-15-14-22-23(17-28)27-31-24(22)18-6-10-20(26)11-7-18/h6-13H,2-5,14-17H2,1H3. The maximum absolute atomic E-state index is 13.0. The Labute approximate surface area is 187 Å². The number of halogens is 1. The number of carbonyl (C=O) groups excluding carboxylic acids is 1. The summed E-state index contributed by atoms with van der Waals surface area (Å²) in [7, 11) is 0. The number of benzene rings is 2. The van der Waals surface area contributed by atoms with Gasteiger partial charge in [-0.25, -0.2) is 0 Å². The molecule has 0 N–H and O–H groups in total. The Bertz CT molecular complexity index is 1010. The van der Waals surface area contributed by atoms with Crippen molar-refractivity contribution >= 4 is 17.5 Å². The second kappa shape index (κ2) is 10.0. The third kappa shape index (κ3) is 5.10. The SMILES string of the molecule is CCCCCCOc1ccc(C(=O)N2CCc3c(noc3-c3ccc(Cl)cc3)C2)cc1. The van der Waals surface area contributed by atoms with E-state index in [9.17, 15) is 4.79 Å².